The summed E-state index contributed by atoms with van der Waals surface area (Å²) in [6, 6.07) is 0. The van der Waals surface area contributed by atoms with Gasteiger partial charge in [-0.2, -0.15) is 0 Å². The maximum atomic E-state index is 10.9. The Morgan fingerprint density at radius 1 is 1.17 bits per heavy atom. The molecule has 5 nitrogen and oxygen atoms in total. The van der Waals surface area contributed by atoms with E-state index in [4.69, 9.17) is 11.5 Å². The molecule has 5 heteroatoms. The van der Waals surface area contributed by atoms with Gasteiger partial charge in [-0.25, -0.2) is 0 Å². The first kappa shape index (κ1) is 8.99. The molecule has 68 valence electrons. The van der Waals surface area contributed by atoms with Crippen LogP contribution in [0.4, 0.5) is 0 Å². The van der Waals surface area contributed by atoms with E-state index in [1.54, 1.807) is 0 Å². The highest BCUT2D eigenvalue weighted by atomic mass is 16.2. The van der Waals surface area contributed by atoms with Crippen LogP contribution in [0.15, 0.2) is 0 Å². The van der Waals surface area contributed by atoms with Gasteiger partial charge in [-0.05, 0) is 13.0 Å². The minimum atomic E-state index is -0.453. The molecule has 0 bridgehead atoms. The molecule has 2 amide bonds. The molecule has 1 heterocycles. The van der Waals surface area contributed by atoms with Gasteiger partial charge >= 0.3 is 0 Å². The zero-order valence-electron chi connectivity index (χ0n) is 6.75. The van der Waals surface area contributed by atoms with Crippen molar-refractivity contribution in [3.05, 3.63) is 0 Å². The van der Waals surface area contributed by atoms with Crippen molar-refractivity contribution in [2.75, 3.05) is 13.1 Å². The van der Waals surface area contributed by atoms with Crippen molar-refractivity contribution < 1.29 is 9.59 Å². The lowest BCUT2D eigenvalue weighted by Gasteiger charge is -2.27. The van der Waals surface area contributed by atoms with Crippen LogP contribution in [0.5, 0.6) is 0 Å². The lowest BCUT2D eigenvalue weighted by Crippen LogP contribution is -2.48. The van der Waals surface area contributed by atoms with Crippen LogP contribution in [-0.2, 0) is 9.59 Å². The fourth-order valence-corrected chi connectivity index (χ4v) is 1.50. The first-order valence-corrected chi connectivity index (χ1v) is 3.92. The molecule has 0 saturated carbocycles. The highest BCUT2D eigenvalue weighted by Crippen LogP contribution is 2.17. The summed E-state index contributed by atoms with van der Waals surface area (Å²) in [7, 11) is 0. The van der Waals surface area contributed by atoms with Crippen LogP contribution in [-0.4, -0.2) is 24.9 Å². The molecule has 0 aromatic heterocycles. The Kier molecular flexibility index (Phi) is 2.65. The molecule has 2 unspecified atom stereocenters. The van der Waals surface area contributed by atoms with E-state index in [-0.39, 0.29) is 5.92 Å². The molecule has 1 saturated heterocycles. The second kappa shape index (κ2) is 3.53. The second-order valence-electron chi connectivity index (χ2n) is 3.01. The summed E-state index contributed by atoms with van der Waals surface area (Å²) in [6.07, 6.45) is 0.600. The number of carbonyl (C=O) groups is 2. The highest BCUT2D eigenvalue weighted by Gasteiger charge is 2.32. The van der Waals surface area contributed by atoms with Crippen molar-refractivity contribution in [2.45, 2.75) is 6.42 Å². The Balaban J connectivity index is 2.67. The Morgan fingerprint density at radius 2 is 1.75 bits per heavy atom. The summed E-state index contributed by atoms with van der Waals surface area (Å²) in [6.45, 7) is 1.18. The second-order valence-corrected chi connectivity index (χ2v) is 3.01. The van der Waals surface area contributed by atoms with Crippen molar-refractivity contribution >= 4 is 11.8 Å². The SMILES string of the molecule is NC(=O)C1CCNCC1C(N)=O. The van der Waals surface area contributed by atoms with Gasteiger partial charge in [-0.15, -0.1) is 0 Å². The fourth-order valence-electron chi connectivity index (χ4n) is 1.50. The van der Waals surface area contributed by atoms with Gasteiger partial charge in [0.25, 0.3) is 0 Å². The van der Waals surface area contributed by atoms with Crippen molar-refractivity contribution in [3.63, 3.8) is 0 Å². The number of hydrogen-bond acceptors (Lipinski definition) is 3. The number of amides is 2. The first-order chi connectivity index (χ1) is 5.63. The topological polar surface area (TPSA) is 98.2 Å². The smallest absolute Gasteiger partial charge is 0.222 e. The lowest BCUT2D eigenvalue weighted by atomic mass is 9.85. The third-order valence-electron chi connectivity index (χ3n) is 2.21. The van der Waals surface area contributed by atoms with Gasteiger partial charge in [-0.3, -0.25) is 9.59 Å². The molecule has 1 fully saturated rings. The molecule has 12 heavy (non-hydrogen) atoms. The van der Waals surface area contributed by atoms with Gasteiger partial charge in [0.05, 0.1) is 11.8 Å². The molecular weight excluding hydrogens is 158 g/mol. The number of piperidine rings is 1. The molecule has 0 aliphatic carbocycles. The van der Waals surface area contributed by atoms with Crippen molar-refractivity contribution in [1.82, 2.24) is 5.32 Å². The van der Waals surface area contributed by atoms with Crippen LogP contribution in [0.1, 0.15) is 6.42 Å². The van der Waals surface area contributed by atoms with E-state index >= 15 is 0 Å². The normalized spacial score (nSPS) is 29.7. The summed E-state index contributed by atoms with van der Waals surface area (Å²) >= 11 is 0. The van der Waals surface area contributed by atoms with Crippen molar-refractivity contribution in [1.29, 1.82) is 0 Å². The third-order valence-corrected chi connectivity index (χ3v) is 2.21. The maximum Gasteiger partial charge on any atom is 0.222 e. The quantitative estimate of drug-likeness (QED) is 0.456. The molecule has 1 rings (SSSR count). The summed E-state index contributed by atoms with van der Waals surface area (Å²) < 4.78 is 0. The minimum Gasteiger partial charge on any atom is -0.369 e. The fraction of sp³-hybridized carbons (Fsp3) is 0.714. The average Bonchev–Trinajstić information content (AvgIpc) is 2.04. The highest BCUT2D eigenvalue weighted by molar-refractivity contribution is 5.86. The standard InChI is InChI=1S/C7H13N3O2/c8-6(11)4-1-2-10-3-5(4)7(9)12/h4-5,10H,1-3H2,(H2,8,11)(H2,9,12). The largest absolute Gasteiger partial charge is 0.369 e. The van der Waals surface area contributed by atoms with E-state index < -0.39 is 17.7 Å². The molecular formula is C7H13N3O2. The van der Waals surface area contributed by atoms with Crippen molar-refractivity contribution in [2.24, 2.45) is 23.3 Å². The minimum absolute atomic E-state index is 0.385. The lowest BCUT2D eigenvalue weighted by molar-refractivity contribution is -0.132. The van der Waals surface area contributed by atoms with Gasteiger partial charge in [0.15, 0.2) is 0 Å². The third kappa shape index (κ3) is 1.73. The molecule has 5 N–H and O–H groups in total. The molecule has 0 aromatic rings. The maximum absolute atomic E-state index is 10.9. The number of rotatable bonds is 2. The average molecular weight is 171 g/mol. The molecule has 2 atom stereocenters. The number of nitrogens with one attached hydrogen (secondary N) is 1. The zero-order valence-corrected chi connectivity index (χ0v) is 6.75. The van der Waals surface area contributed by atoms with E-state index in [2.05, 4.69) is 5.32 Å². The van der Waals surface area contributed by atoms with Crippen LogP contribution >= 0.6 is 0 Å². The van der Waals surface area contributed by atoms with Gasteiger partial charge in [0.1, 0.15) is 0 Å². The van der Waals surface area contributed by atoms with Crippen LogP contribution in [0.3, 0.4) is 0 Å². The van der Waals surface area contributed by atoms with E-state index in [1.165, 1.54) is 0 Å². The molecule has 1 aliphatic heterocycles. The van der Waals surface area contributed by atoms with Crippen molar-refractivity contribution in [3.8, 4) is 0 Å². The van der Waals surface area contributed by atoms with Gasteiger partial charge in [0, 0.05) is 6.54 Å². The van der Waals surface area contributed by atoms with Crippen LogP contribution < -0.4 is 16.8 Å². The predicted octanol–water partition coefficient (Wildman–Crippen LogP) is -1.82. The van der Waals surface area contributed by atoms with E-state index in [9.17, 15) is 9.59 Å². The molecule has 0 aromatic carbocycles. The summed E-state index contributed by atoms with van der Waals surface area (Å²) in [4.78, 5) is 21.7. The number of nitrogens with two attached hydrogens (primary N) is 2. The Bertz CT molecular complexity index is 183. The molecule has 1 aliphatic rings. The summed E-state index contributed by atoms with van der Waals surface area (Å²) in [5.74, 6) is -1.70. The summed E-state index contributed by atoms with van der Waals surface area (Å²) in [5, 5.41) is 2.99. The van der Waals surface area contributed by atoms with E-state index in [1.807, 2.05) is 0 Å². The Hall–Kier alpha value is -1.10. The predicted molar refractivity (Wildman–Crippen MR) is 42.9 cm³/mol. The van der Waals surface area contributed by atoms with Crippen LogP contribution in [0, 0.1) is 11.8 Å². The number of primary amides is 2. The van der Waals surface area contributed by atoms with Gasteiger partial charge < -0.3 is 16.8 Å². The monoisotopic (exact) mass is 171 g/mol. The van der Waals surface area contributed by atoms with Gasteiger partial charge in [0.2, 0.25) is 11.8 Å². The Labute approximate surface area is 70.5 Å². The van der Waals surface area contributed by atoms with E-state index in [0.29, 0.717) is 13.0 Å². The summed E-state index contributed by atoms with van der Waals surface area (Å²) in [5.41, 5.74) is 10.2. The zero-order chi connectivity index (χ0) is 9.14. The molecule has 0 spiro atoms. The number of carbonyl (C=O) groups excluding carboxylic acids is 2. The number of hydrogen-bond donors (Lipinski definition) is 3. The molecule has 0 radical (unpaired) electrons. The van der Waals surface area contributed by atoms with Crippen LogP contribution in [0.2, 0.25) is 0 Å². The van der Waals surface area contributed by atoms with Gasteiger partial charge in [-0.1, -0.05) is 0 Å². The first-order valence-electron chi connectivity index (χ1n) is 3.92. The Morgan fingerprint density at radius 3 is 2.17 bits per heavy atom. The van der Waals surface area contributed by atoms with E-state index in [0.717, 1.165) is 6.54 Å². The van der Waals surface area contributed by atoms with Crippen LogP contribution in [0.25, 0.3) is 0 Å².